The lowest BCUT2D eigenvalue weighted by molar-refractivity contribution is 0.0102. The van der Waals surface area contributed by atoms with E-state index in [4.69, 9.17) is 9.84 Å². The number of aromatic nitrogens is 1. The van der Waals surface area contributed by atoms with Crippen molar-refractivity contribution in [3.63, 3.8) is 0 Å². The number of anilines is 1. The molecule has 0 spiro atoms. The van der Waals surface area contributed by atoms with Crippen molar-refractivity contribution in [3.8, 4) is 0 Å². The lowest BCUT2D eigenvalue weighted by Gasteiger charge is -2.15. The molecule has 0 radical (unpaired) electrons. The van der Waals surface area contributed by atoms with Gasteiger partial charge in [0.2, 0.25) is 0 Å². The molecule has 1 aromatic rings. The van der Waals surface area contributed by atoms with E-state index in [1.807, 2.05) is 0 Å². The molecular formula is C8H8N2O4S. The van der Waals surface area contributed by atoms with Crippen LogP contribution in [0.5, 0.6) is 0 Å². The minimum absolute atomic E-state index is 0.192. The van der Waals surface area contributed by atoms with E-state index in [0.29, 0.717) is 4.88 Å². The molecule has 2 N–H and O–H groups in total. The topological polar surface area (TPSA) is 88.5 Å². The van der Waals surface area contributed by atoms with Crippen molar-refractivity contribution in [1.82, 2.24) is 4.98 Å². The Hall–Kier alpha value is -1.63. The number of cyclic esters (lactones) is 1. The number of carbonyl (C=O) groups is 2. The van der Waals surface area contributed by atoms with Gasteiger partial charge >= 0.3 is 12.1 Å². The van der Waals surface area contributed by atoms with Gasteiger partial charge in [-0.1, -0.05) is 11.3 Å². The number of fused-ring (bicyclic) bond motifs is 1. The summed E-state index contributed by atoms with van der Waals surface area (Å²) in [7, 11) is 0. The Labute approximate surface area is 88.9 Å². The lowest BCUT2D eigenvalue weighted by atomic mass is 10.1. The second-order valence-electron chi connectivity index (χ2n) is 3.53. The normalized spacial score (nSPS) is 17.1. The number of hydrogen-bond donors (Lipinski definition) is 2. The highest BCUT2D eigenvalue weighted by Crippen LogP contribution is 2.41. The van der Waals surface area contributed by atoms with Crippen molar-refractivity contribution in [2.45, 2.75) is 19.4 Å². The van der Waals surface area contributed by atoms with Crippen LogP contribution in [0.4, 0.5) is 9.93 Å². The van der Waals surface area contributed by atoms with Crippen molar-refractivity contribution < 1.29 is 19.4 Å². The van der Waals surface area contributed by atoms with Crippen LogP contribution >= 0.6 is 11.3 Å². The van der Waals surface area contributed by atoms with E-state index in [-0.39, 0.29) is 10.8 Å². The fourth-order valence-corrected chi connectivity index (χ4v) is 2.32. The zero-order valence-electron chi connectivity index (χ0n) is 8.03. The second kappa shape index (κ2) is 2.93. The van der Waals surface area contributed by atoms with Crippen molar-refractivity contribution in [2.24, 2.45) is 0 Å². The molecule has 2 rings (SSSR count). The number of esters is 1. The molecule has 0 unspecified atom stereocenters. The van der Waals surface area contributed by atoms with Crippen LogP contribution in [0, 0.1) is 0 Å². The van der Waals surface area contributed by atoms with Gasteiger partial charge in [-0.15, -0.1) is 0 Å². The summed E-state index contributed by atoms with van der Waals surface area (Å²) in [5, 5.41) is 10.8. The Kier molecular flexibility index (Phi) is 1.93. The molecule has 0 saturated heterocycles. The average molecular weight is 228 g/mol. The largest absolute Gasteiger partial charge is 0.465 e. The molecule has 0 bridgehead atoms. The molecule has 0 atom stereocenters. The molecule has 0 saturated carbocycles. The maximum atomic E-state index is 11.3. The first-order chi connectivity index (χ1) is 6.90. The Morgan fingerprint density at radius 3 is 2.80 bits per heavy atom. The average Bonchev–Trinajstić information content (AvgIpc) is 2.53. The number of amides is 1. The summed E-state index contributed by atoms with van der Waals surface area (Å²) < 4.78 is 5.05. The third-order valence-corrected chi connectivity index (χ3v) is 3.20. The smallest absolute Gasteiger partial charge is 0.410 e. The fraction of sp³-hybridized carbons (Fsp3) is 0.375. The molecule has 0 fully saturated rings. The fourth-order valence-electron chi connectivity index (χ4n) is 1.34. The zero-order chi connectivity index (χ0) is 11.2. The van der Waals surface area contributed by atoms with Crippen LogP contribution in [0.1, 0.15) is 29.2 Å². The Morgan fingerprint density at radius 1 is 1.60 bits per heavy atom. The molecule has 1 aliphatic heterocycles. The summed E-state index contributed by atoms with van der Waals surface area (Å²) in [5.74, 6) is -0.510. The van der Waals surface area contributed by atoms with Gasteiger partial charge in [-0.3, -0.25) is 5.32 Å². The van der Waals surface area contributed by atoms with Gasteiger partial charge in [0.15, 0.2) is 10.8 Å². The highest BCUT2D eigenvalue weighted by molar-refractivity contribution is 7.16. The third-order valence-electron chi connectivity index (χ3n) is 1.93. The van der Waals surface area contributed by atoms with E-state index in [1.165, 1.54) is 0 Å². The second-order valence-corrected chi connectivity index (χ2v) is 4.53. The number of rotatable bonds is 1. The Bertz CT molecular complexity index is 451. The van der Waals surface area contributed by atoms with Crippen LogP contribution < -0.4 is 5.32 Å². The predicted molar refractivity (Wildman–Crippen MR) is 52.2 cm³/mol. The SMILES string of the molecule is CC1(C)OC(=O)c2nc(NC(=O)O)sc21. The monoisotopic (exact) mass is 228 g/mol. The van der Waals surface area contributed by atoms with Crippen LogP contribution in [-0.2, 0) is 10.3 Å². The molecule has 2 heterocycles. The summed E-state index contributed by atoms with van der Waals surface area (Å²) in [6, 6.07) is 0. The molecule has 15 heavy (non-hydrogen) atoms. The quantitative estimate of drug-likeness (QED) is 0.713. The van der Waals surface area contributed by atoms with Crippen LogP contribution in [0.15, 0.2) is 0 Å². The number of thiazole rings is 1. The minimum Gasteiger partial charge on any atom is -0.465 e. The number of ether oxygens (including phenoxy) is 1. The van der Waals surface area contributed by atoms with E-state index < -0.39 is 17.7 Å². The van der Waals surface area contributed by atoms with Crippen molar-refractivity contribution >= 4 is 28.5 Å². The molecular weight excluding hydrogens is 220 g/mol. The van der Waals surface area contributed by atoms with Gasteiger partial charge < -0.3 is 9.84 Å². The van der Waals surface area contributed by atoms with Crippen LogP contribution in [0.2, 0.25) is 0 Å². The van der Waals surface area contributed by atoms with Crippen LogP contribution in [0.25, 0.3) is 0 Å². The van der Waals surface area contributed by atoms with Gasteiger partial charge in [0.25, 0.3) is 0 Å². The number of carbonyl (C=O) groups excluding carboxylic acids is 1. The van der Waals surface area contributed by atoms with Crippen LogP contribution in [0.3, 0.4) is 0 Å². The van der Waals surface area contributed by atoms with Crippen molar-refractivity contribution in [3.05, 3.63) is 10.6 Å². The number of hydrogen-bond acceptors (Lipinski definition) is 5. The first-order valence-corrected chi connectivity index (χ1v) is 4.96. The summed E-state index contributed by atoms with van der Waals surface area (Å²) in [4.78, 5) is 26.2. The Morgan fingerprint density at radius 2 is 2.27 bits per heavy atom. The molecule has 1 aliphatic rings. The molecule has 0 aliphatic carbocycles. The molecule has 1 amide bonds. The van der Waals surface area contributed by atoms with Crippen LogP contribution in [-0.4, -0.2) is 22.2 Å². The maximum Gasteiger partial charge on any atom is 0.410 e. The molecule has 80 valence electrons. The number of carboxylic acid groups (broad SMARTS) is 1. The van der Waals surface area contributed by atoms with Crippen molar-refractivity contribution in [2.75, 3.05) is 5.32 Å². The van der Waals surface area contributed by atoms with E-state index in [0.717, 1.165) is 11.3 Å². The highest BCUT2D eigenvalue weighted by Gasteiger charge is 2.41. The van der Waals surface area contributed by atoms with E-state index in [2.05, 4.69) is 10.3 Å². The van der Waals surface area contributed by atoms with Gasteiger partial charge in [0.05, 0.1) is 4.88 Å². The lowest BCUT2D eigenvalue weighted by Crippen LogP contribution is -2.15. The van der Waals surface area contributed by atoms with Gasteiger partial charge in [0, 0.05) is 0 Å². The highest BCUT2D eigenvalue weighted by atomic mass is 32.1. The van der Waals surface area contributed by atoms with E-state index in [1.54, 1.807) is 13.8 Å². The van der Waals surface area contributed by atoms with Gasteiger partial charge in [-0.2, -0.15) is 0 Å². The van der Waals surface area contributed by atoms with Crippen molar-refractivity contribution in [1.29, 1.82) is 0 Å². The summed E-state index contributed by atoms with van der Waals surface area (Å²) >= 11 is 1.11. The molecule has 7 heteroatoms. The molecule has 0 aromatic carbocycles. The maximum absolute atomic E-state index is 11.3. The zero-order valence-corrected chi connectivity index (χ0v) is 8.84. The molecule has 6 nitrogen and oxygen atoms in total. The first kappa shape index (κ1) is 9.91. The first-order valence-electron chi connectivity index (χ1n) is 4.15. The summed E-state index contributed by atoms with van der Waals surface area (Å²) in [5.41, 5.74) is -0.517. The third kappa shape index (κ3) is 1.54. The number of nitrogens with one attached hydrogen (secondary N) is 1. The minimum atomic E-state index is -1.20. The van der Waals surface area contributed by atoms with E-state index >= 15 is 0 Å². The summed E-state index contributed by atoms with van der Waals surface area (Å²) in [6.07, 6.45) is -1.20. The van der Waals surface area contributed by atoms with Gasteiger partial charge in [-0.25, -0.2) is 14.6 Å². The predicted octanol–water partition coefficient (Wildman–Crippen LogP) is 1.64. The Balaban J connectivity index is 2.41. The summed E-state index contributed by atoms with van der Waals surface area (Å²) in [6.45, 7) is 3.47. The standard InChI is InChI=1S/C8H8N2O4S/c1-8(2)4-3(5(11)14-8)9-6(15-4)10-7(12)13/h1-2H3,(H,9,10)(H,12,13). The number of nitrogens with zero attached hydrogens (tertiary/aromatic N) is 1. The van der Waals surface area contributed by atoms with Gasteiger partial charge in [-0.05, 0) is 13.8 Å². The van der Waals surface area contributed by atoms with E-state index in [9.17, 15) is 9.59 Å². The van der Waals surface area contributed by atoms with Gasteiger partial charge in [0.1, 0.15) is 5.60 Å². The molecule has 1 aromatic heterocycles.